The molecule has 0 atom stereocenters. The quantitative estimate of drug-likeness (QED) is 0.407. The number of rotatable bonds is 3. The summed E-state index contributed by atoms with van der Waals surface area (Å²) in [6.45, 7) is 0. The molecule has 1 aliphatic rings. The van der Waals surface area contributed by atoms with E-state index < -0.39 is 11.9 Å². The summed E-state index contributed by atoms with van der Waals surface area (Å²) in [5, 5.41) is 3.83. The van der Waals surface area contributed by atoms with Crippen molar-refractivity contribution in [1.82, 2.24) is 5.32 Å². The van der Waals surface area contributed by atoms with Crippen LogP contribution in [-0.2, 0) is 4.79 Å². The van der Waals surface area contributed by atoms with Crippen LogP contribution < -0.4 is 10.2 Å². The van der Waals surface area contributed by atoms with Gasteiger partial charge >= 0.3 is 6.03 Å². The minimum absolute atomic E-state index is 0.0954. The van der Waals surface area contributed by atoms with Gasteiger partial charge in [-0.3, -0.25) is 4.79 Å². The lowest BCUT2D eigenvalue weighted by molar-refractivity contribution is -0.113. The number of anilines is 1. The first kappa shape index (κ1) is 18.6. The molecule has 1 saturated heterocycles. The van der Waals surface area contributed by atoms with Gasteiger partial charge in [0.2, 0.25) is 0 Å². The van der Waals surface area contributed by atoms with Crippen molar-refractivity contribution >= 4 is 58.5 Å². The normalized spacial score (nSPS) is 15.4. The van der Waals surface area contributed by atoms with E-state index in [1.165, 1.54) is 6.08 Å². The number of hydrogen-bond donors (Lipinski definition) is 1. The SMILES string of the molecule is O=C1N/C(=C\c2ccc(-c3cccc(Cl)c3Cl)o2)C(=O)N1c1ccc(Cl)cc1. The van der Waals surface area contributed by atoms with Crippen molar-refractivity contribution in [3.8, 4) is 11.3 Å². The minimum atomic E-state index is -0.553. The molecule has 5 nitrogen and oxygen atoms in total. The van der Waals surface area contributed by atoms with E-state index >= 15 is 0 Å². The van der Waals surface area contributed by atoms with Crippen LogP contribution >= 0.6 is 34.8 Å². The maximum Gasteiger partial charge on any atom is 0.333 e. The third-order valence-corrected chi connectivity index (χ3v) is 5.16. The summed E-state index contributed by atoms with van der Waals surface area (Å²) in [5.41, 5.74) is 1.14. The van der Waals surface area contributed by atoms with Gasteiger partial charge in [0, 0.05) is 16.7 Å². The number of hydrogen-bond acceptors (Lipinski definition) is 3. The van der Waals surface area contributed by atoms with E-state index in [1.807, 2.05) is 0 Å². The molecule has 1 aliphatic heterocycles. The third-order valence-electron chi connectivity index (χ3n) is 4.09. The molecule has 1 aromatic heterocycles. The molecule has 1 N–H and O–H groups in total. The van der Waals surface area contributed by atoms with E-state index in [1.54, 1.807) is 54.6 Å². The van der Waals surface area contributed by atoms with Gasteiger partial charge in [-0.25, -0.2) is 9.69 Å². The zero-order valence-electron chi connectivity index (χ0n) is 14.1. The number of nitrogens with one attached hydrogen (secondary N) is 1. The van der Waals surface area contributed by atoms with Gasteiger partial charge in [0.1, 0.15) is 17.2 Å². The minimum Gasteiger partial charge on any atom is -0.457 e. The van der Waals surface area contributed by atoms with E-state index in [0.717, 1.165) is 4.90 Å². The third kappa shape index (κ3) is 3.40. The van der Waals surface area contributed by atoms with Crippen molar-refractivity contribution in [3.63, 3.8) is 0 Å². The summed E-state index contributed by atoms with van der Waals surface area (Å²) in [6, 6.07) is 14.4. The van der Waals surface area contributed by atoms with Crippen LogP contribution in [0.15, 0.2) is 64.7 Å². The van der Waals surface area contributed by atoms with Crippen molar-refractivity contribution in [3.05, 3.63) is 81.1 Å². The summed E-state index contributed by atoms with van der Waals surface area (Å²) in [5.74, 6) is 0.379. The van der Waals surface area contributed by atoms with Gasteiger partial charge in [0.25, 0.3) is 5.91 Å². The molecule has 0 unspecified atom stereocenters. The first-order chi connectivity index (χ1) is 13.4. The Morgan fingerprint density at radius 2 is 1.68 bits per heavy atom. The van der Waals surface area contributed by atoms with Crippen LogP contribution in [0.5, 0.6) is 0 Å². The maximum atomic E-state index is 12.6. The first-order valence-electron chi connectivity index (χ1n) is 8.11. The highest BCUT2D eigenvalue weighted by Crippen LogP contribution is 2.34. The van der Waals surface area contributed by atoms with Crippen LogP contribution in [0.4, 0.5) is 10.5 Å². The molecular formula is C20H11Cl3N2O3. The molecule has 4 rings (SSSR count). The van der Waals surface area contributed by atoms with E-state index in [0.29, 0.717) is 37.8 Å². The number of furan rings is 1. The second kappa shape index (κ2) is 7.36. The number of urea groups is 1. The Balaban J connectivity index is 1.62. The van der Waals surface area contributed by atoms with Crippen LogP contribution in [0, 0.1) is 0 Å². The summed E-state index contributed by atoms with van der Waals surface area (Å²) in [7, 11) is 0. The van der Waals surface area contributed by atoms with Gasteiger partial charge < -0.3 is 9.73 Å². The van der Waals surface area contributed by atoms with Crippen LogP contribution in [0.25, 0.3) is 17.4 Å². The fourth-order valence-corrected chi connectivity index (χ4v) is 3.29. The second-order valence-electron chi connectivity index (χ2n) is 5.91. The molecule has 1 fully saturated rings. The predicted molar refractivity (Wildman–Crippen MR) is 110 cm³/mol. The summed E-state index contributed by atoms with van der Waals surface area (Å²) in [6.07, 6.45) is 1.46. The fourth-order valence-electron chi connectivity index (χ4n) is 2.77. The summed E-state index contributed by atoms with van der Waals surface area (Å²) in [4.78, 5) is 25.9. The Hall–Kier alpha value is -2.73. The molecule has 0 aliphatic carbocycles. The van der Waals surface area contributed by atoms with Crippen LogP contribution in [0.3, 0.4) is 0 Å². The number of benzene rings is 2. The first-order valence-corrected chi connectivity index (χ1v) is 9.24. The molecule has 3 amide bonds. The second-order valence-corrected chi connectivity index (χ2v) is 7.13. The molecule has 0 spiro atoms. The monoisotopic (exact) mass is 432 g/mol. The Morgan fingerprint density at radius 3 is 2.43 bits per heavy atom. The van der Waals surface area contributed by atoms with Gasteiger partial charge in [0.15, 0.2) is 0 Å². The van der Waals surface area contributed by atoms with Gasteiger partial charge in [0.05, 0.1) is 15.7 Å². The average Bonchev–Trinajstić information content (AvgIpc) is 3.23. The average molecular weight is 434 g/mol. The van der Waals surface area contributed by atoms with Gasteiger partial charge in [-0.15, -0.1) is 0 Å². The molecule has 28 heavy (non-hydrogen) atoms. The molecule has 0 saturated carbocycles. The van der Waals surface area contributed by atoms with Gasteiger partial charge in [-0.05, 0) is 48.5 Å². The number of amides is 3. The molecule has 0 radical (unpaired) electrons. The van der Waals surface area contributed by atoms with Crippen LogP contribution in [0.1, 0.15) is 5.76 Å². The highest BCUT2D eigenvalue weighted by atomic mass is 35.5. The lowest BCUT2D eigenvalue weighted by atomic mass is 10.2. The van der Waals surface area contributed by atoms with Crippen molar-refractivity contribution in [2.24, 2.45) is 0 Å². The van der Waals surface area contributed by atoms with E-state index in [2.05, 4.69) is 5.32 Å². The molecule has 8 heteroatoms. The van der Waals surface area contributed by atoms with E-state index in [9.17, 15) is 9.59 Å². The summed E-state index contributed by atoms with van der Waals surface area (Å²) >= 11 is 18.1. The smallest absolute Gasteiger partial charge is 0.333 e. The highest BCUT2D eigenvalue weighted by Gasteiger charge is 2.35. The van der Waals surface area contributed by atoms with Gasteiger partial charge in [-0.1, -0.05) is 40.9 Å². The Morgan fingerprint density at radius 1 is 0.929 bits per heavy atom. The zero-order chi connectivity index (χ0) is 19.8. The zero-order valence-corrected chi connectivity index (χ0v) is 16.3. The highest BCUT2D eigenvalue weighted by molar-refractivity contribution is 6.43. The number of nitrogens with zero attached hydrogens (tertiary/aromatic N) is 1. The van der Waals surface area contributed by atoms with E-state index in [-0.39, 0.29) is 5.70 Å². The fraction of sp³-hybridized carbons (Fsp3) is 0. The van der Waals surface area contributed by atoms with Crippen molar-refractivity contribution < 1.29 is 14.0 Å². The van der Waals surface area contributed by atoms with Crippen molar-refractivity contribution in [2.75, 3.05) is 4.90 Å². The Bertz CT molecular complexity index is 1120. The van der Waals surface area contributed by atoms with E-state index in [4.69, 9.17) is 39.2 Å². The molecule has 3 aromatic rings. The number of carbonyl (C=O) groups is 2. The topological polar surface area (TPSA) is 62.6 Å². The summed E-state index contributed by atoms with van der Waals surface area (Å²) < 4.78 is 5.75. The van der Waals surface area contributed by atoms with Crippen LogP contribution in [-0.4, -0.2) is 11.9 Å². The Labute approximate surface area is 175 Å². The number of imide groups is 1. The van der Waals surface area contributed by atoms with Gasteiger partial charge in [-0.2, -0.15) is 0 Å². The standard InChI is InChI=1S/C20H11Cl3N2O3/c21-11-4-6-12(7-5-11)25-19(26)16(24-20(25)27)10-13-8-9-17(28-13)14-2-1-3-15(22)18(14)23/h1-10H,(H,24,27)/b16-10-. The molecule has 140 valence electrons. The largest absolute Gasteiger partial charge is 0.457 e. The lowest BCUT2D eigenvalue weighted by Crippen LogP contribution is -2.30. The number of carbonyl (C=O) groups excluding carboxylic acids is 2. The maximum absolute atomic E-state index is 12.6. The predicted octanol–water partition coefficient (Wildman–Crippen LogP) is 6.00. The molecule has 2 heterocycles. The van der Waals surface area contributed by atoms with Crippen LogP contribution in [0.2, 0.25) is 15.1 Å². The lowest BCUT2D eigenvalue weighted by Gasteiger charge is -2.11. The number of halogens is 3. The van der Waals surface area contributed by atoms with Crippen molar-refractivity contribution in [1.29, 1.82) is 0 Å². The Kier molecular flexibility index (Phi) is 4.89. The van der Waals surface area contributed by atoms with Crippen molar-refractivity contribution in [2.45, 2.75) is 0 Å². The molecule has 2 aromatic carbocycles. The molecule has 0 bridgehead atoms. The molecular weight excluding hydrogens is 423 g/mol.